The van der Waals surface area contributed by atoms with Gasteiger partial charge in [0.15, 0.2) is 0 Å². The largest absolute Gasteiger partial charge is 0.496 e. The number of benzene rings is 2. The summed E-state index contributed by atoms with van der Waals surface area (Å²) in [5.74, 6) is -0.340. The Morgan fingerprint density at radius 3 is 2.36 bits per heavy atom. The lowest BCUT2D eigenvalue weighted by atomic mass is 9.95. The van der Waals surface area contributed by atoms with Gasteiger partial charge in [0, 0.05) is 17.7 Å². The van der Waals surface area contributed by atoms with Crippen LogP contribution in [0, 0.1) is 5.41 Å². The standard InChI is InChI=1S/C20H22N2O5S/c1-20(2)13-28(25,26)22(19(20)24)16-10-8-14(9-11-16)18(23)21-12-15-6-4-5-7-17(15)27-3/h4-11H,12-13H2,1-3H3,(H,21,23). The van der Waals surface area contributed by atoms with E-state index in [0.717, 1.165) is 9.87 Å². The second-order valence-corrected chi connectivity index (χ2v) is 9.07. The highest BCUT2D eigenvalue weighted by atomic mass is 32.2. The smallest absolute Gasteiger partial charge is 0.251 e. The number of nitrogens with zero attached hydrogens (tertiary/aromatic N) is 1. The summed E-state index contributed by atoms with van der Waals surface area (Å²) in [6.07, 6.45) is 0. The fourth-order valence-electron chi connectivity index (χ4n) is 3.14. The third-order valence-corrected chi connectivity index (χ3v) is 6.60. The molecule has 1 aliphatic heterocycles. The molecule has 0 aromatic heterocycles. The molecule has 1 fully saturated rings. The van der Waals surface area contributed by atoms with Crippen LogP contribution in [0.2, 0.25) is 0 Å². The summed E-state index contributed by atoms with van der Waals surface area (Å²) < 4.78 is 30.8. The van der Waals surface area contributed by atoms with Gasteiger partial charge in [0.25, 0.3) is 5.91 Å². The van der Waals surface area contributed by atoms with Crippen molar-refractivity contribution in [2.45, 2.75) is 20.4 Å². The number of rotatable bonds is 5. The van der Waals surface area contributed by atoms with Crippen molar-refractivity contribution in [3.8, 4) is 5.75 Å². The molecule has 0 radical (unpaired) electrons. The Labute approximate surface area is 164 Å². The first kappa shape index (κ1) is 19.9. The Morgan fingerprint density at radius 2 is 1.79 bits per heavy atom. The number of methoxy groups -OCH3 is 1. The first-order chi connectivity index (χ1) is 13.2. The number of ether oxygens (including phenoxy) is 1. The van der Waals surface area contributed by atoms with Crippen molar-refractivity contribution in [3.05, 3.63) is 59.7 Å². The molecule has 2 aromatic carbocycles. The van der Waals surface area contributed by atoms with Crippen LogP contribution < -0.4 is 14.4 Å². The van der Waals surface area contributed by atoms with Crippen molar-refractivity contribution in [2.24, 2.45) is 5.41 Å². The maximum absolute atomic E-state index is 12.4. The van der Waals surface area contributed by atoms with E-state index in [0.29, 0.717) is 11.3 Å². The van der Waals surface area contributed by atoms with E-state index in [1.165, 1.54) is 24.3 Å². The third-order valence-electron chi connectivity index (χ3n) is 4.58. The highest BCUT2D eigenvalue weighted by molar-refractivity contribution is 7.94. The molecule has 28 heavy (non-hydrogen) atoms. The average Bonchev–Trinajstić information content (AvgIpc) is 2.82. The second-order valence-electron chi connectivity index (χ2n) is 7.25. The van der Waals surface area contributed by atoms with Gasteiger partial charge in [-0.1, -0.05) is 18.2 Å². The maximum atomic E-state index is 12.4. The highest BCUT2D eigenvalue weighted by Crippen LogP contribution is 2.35. The molecule has 0 bridgehead atoms. The number of amides is 2. The molecule has 0 unspecified atom stereocenters. The van der Waals surface area contributed by atoms with Crippen LogP contribution in [0.25, 0.3) is 0 Å². The second kappa shape index (κ2) is 7.27. The monoisotopic (exact) mass is 402 g/mol. The molecule has 0 saturated carbocycles. The summed E-state index contributed by atoms with van der Waals surface area (Å²) in [5, 5.41) is 2.80. The zero-order valence-electron chi connectivity index (χ0n) is 15.9. The molecule has 1 N–H and O–H groups in total. The van der Waals surface area contributed by atoms with E-state index in [9.17, 15) is 18.0 Å². The summed E-state index contributed by atoms with van der Waals surface area (Å²) in [5.41, 5.74) is 0.466. The third kappa shape index (κ3) is 3.73. The molecule has 1 aliphatic rings. The lowest BCUT2D eigenvalue weighted by Gasteiger charge is -2.17. The SMILES string of the molecule is COc1ccccc1CNC(=O)c1ccc(N2C(=O)C(C)(C)CS2(=O)=O)cc1. The number of anilines is 1. The molecule has 148 valence electrons. The van der Waals surface area contributed by atoms with Gasteiger partial charge in [-0.05, 0) is 44.2 Å². The summed E-state index contributed by atoms with van der Waals surface area (Å²) in [4.78, 5) is 24.8. The highest BCUT2D eigenvalue weighted by Gasteiger charge is 2.49. The van der Waals surface area contributed by atoms with Gasteiger partial charge in [0.2, 0.25) is 15.9 Å². The zero-order valence-corrected chi connectivity index (χ0v) is 16.7. The minimum atomic E-state index is -3.71. The van der Waals surface area contributed by atoms with Gasteiger partial charge < -0.3 is 10.1 Å². The van der Waals surface area contributed by atoms with E-state index in [-0.39, 0.29) is 23.9 Å². The Balaban J connectivity index is 1.74. The summed E-state index contributed by atoms with van der Waals surface area (Å²) in [6.45, 7) is 3.50. The zero-order chi connectivity index (χ0) is 20.5. The van der Waals surface area contributed by atoms with Crippen molar-refractivity contribution < 1.29 is 22.7 Å². The number of carbonyl (C=O) groups excluding carboxylic acids is 2. The minimum absolute atomic E-state index is 0.233. The van der Waals surface area contributed by atoms with Crippen LogP contribution in [-0.4, -0.2) is 33.1 Å². The van der Waals surface area contributed by atoms with Crippen molar-refractivity contribution in [2.75, 3.05) is 17.2 Å². The van der Waals surface area contributed by atoms with E-state index < -0.39 is 21.3 Å². The number of carbonyl (C=O) groups is 2. The molecular weight excluding hydrogens is 380 g/mol. The van der Waals surface area contributed by atoms with Crippen molar-refractivity contribution >= 4 is 27.5 Å². The van der Waals surface area contributed by atoms with E-state index in [1.54, 1.807) is 21.0 Å². The number of para-hydroxylation sites is 1. The fourth-order valence-corrected chi connectivity index (χ4v) is 5.24. The van der Waals surface area contributed by atoms with Gasteiger partial charge in [0.05, 0.1) is 24.0 Å². The minimum Gasteiger partial charge on any atom is -0.496 e. The van der Waals surface area contributed by atoms with Crippen LogP contribution in [0.3, 0.4) is 0 Å². The Hall–Kier alpha value is -2.87. The number of nitrogens with one attached hydrogen (secondary N) is 1. The molecule has 7 nitrogen and oxygen atoms in total. The van der Waals surface area contributed by atoms with Crippen LogP contribution in [0.4, 0.5) is 5.69 Å². The lowest BCUT2D eigenvalue weighted by molar-refractivity contribution is -0.123. The van der Waals surface area contributed by atoms with E-state index >= 15 is 0 Å². The van der Waals surface area contributed by atoms with Crippen molar-refractivity contribution in [1.82, 2.24) is 5.32 Å². The molecule has 2 amide bonds. The van der Waals surface area contributed by atoms with E-state index in [4.69, 9.17) is 4.74 Å². The summed E-state index contributed by atoms with van der Waals surface area (Å²) in [7, 11) is -2.15. The normalized spacial score (nSPS) is 17.4. The molecule has 0 spiro atoms. The molecule has 0 atom stereocenters. The molecular formula is C20H22N2O5S. The molecule has 2 aromatic rings. The predicted octanol–water partition coefficient (Wildman–Crippen LogP) is 2.33. The molecule has 8 heteroatoms. The Kier molecular flexibility index (Phi) is 5.16. The van der Waals surface area contributed by atoms with Crippen molar-refractivity contribution in [1.29, 1.82) is 0 Å². The van der Waals surface area contributed by atoms with Gasteiger partial charge in [-0.3, -0.25) is 9.59 Å². The van der Waals surface area contributed by atoms with E-state index in [1.807, 2.05) is 24.3 Å². The first-order valence-electron chi connectivity index (χ1n) is 8.73. The lowest BCUT2D eigenvalue weighted by Crippen LogP contribution is -2.33. The molecule has 1 heterocycles. The number of hydrogen-bond donors (Lipinski definition) is 1. The average molecular weight is 402 g/mol. The van der Waals surface area contributed by atoms with Gasteiger partial charge in [0.1, 0.15) is 5.75 Å². The topological polar surface area (TPSA) is 92.8 Å². The Bertz CT molecular complexity index is 1010. The fraction of sp³-hybridized carbons (Fsp3) is 0.300. The van der Waals surface area contributed by atoms with Crippen molar-refractivity contribution in [3.63, 3.8) is 0 Å². The van der Waals surface area contributed by atoms with Crippen LogP contribution in [-0.2, 0) is 21.4 Å². The van der Waals surface area contributed by atoms with Gasteiger partial charge in [-0.25, -0.2) is 12.7 Å². The van der Waals surface area contributed by atoms with E-state index in [2.05, 4.69) is 5.32 Å². The molecule has 1 saturated heterocycles. The van der Waals surface area contributed by atoms with Gasteiger partial charge in [-0.2, -0.15) is 0 Å². The number of sulfonamides is 1. The quantitative estimate of drug-likeness (QED) is 0.829. The van der Waals surface area contributed by atoms with Crippen LogP contribution in [0.5, 0.6) is 5.75 Å². The molecule has 0 aliphatic carbocycles. The summed E-state index contributed by atoms with van der Waals surface area (Å²) in [6, 6.07) is 13.3. The van der Waals surface area contributed by atoms with Crippen LogP contribution >= 0.6 is 0 Å². The predicted molar refractivity (Wildman–Crippen MR) is 106 cm³/mol. The maximum Gasteiger partial charge on any atom is 0.251 e. The van der Waals surface area contributed by atoms with Crippen LogP contribution in [0.1, 0.15) is 29.8 Å². The van der Waals surface area contributed by atoms with Gasteiger partial charge >= 0.3 is 0 Å². The molecule has 3 rings (SSSR count). The Morgan fingerprint density at radius 1 is 1.14 bits per heavy atom. The van der Waals surface area contributed by atoms with Crippen LogP contribution in [0.15, 0.2) is 48.5 Å². The number of hydrogen-bond acceptors (Lipinski definition) is 5. The summed E-state index contributed by atoms with van der Waals surface area (Å²) >= 11 is 0. The van der Waals surface area contributed by atoms with Gasteiger partial charge in [-0.15, -0.1) is 0 Å². The first-order valence-corrected chi connectivity index (χ1v) is 10.3.